The Morgan fingerprint density at radius 3 is 2.31 bits per heavy atom. The second kappa shape index (κ2) is 3.48. The highest BCUT2D eigenvalue weighted by Gasteiger charge is 2.18. The first-order valence-electron chi connectivity index (χ1n) is 4.25. The molecule has 4 heteroatoms. The fourth-order valence-electron chi connectivity index (χ4n) is 1.01. The van der Waals surface area contributed by atoms with Gasteiger partial charge in [0, 0.05) is 11.1 Å². The SMILES string of the molecule is CC(C)(C)c1cccc(B(O)O)n1. The van der Waals surface area contributed by atoms with E-state index in [2.05, 4.69) is 4.98 Å². The molecule has 0 bridgehead atoms. The van der Waals surface area contributed by atoms with Crippen molar-refractivity contribution in [1.29, 1.82) is 0 Å². The number of aromatic nitrogens is 1. The van der Waals surface area contributed by atoms with Gasteiger partial charge in [-0.2, -0.15) is 0 Å². The largest absolute Gasteiger partial charge is 0.508 e. The van der Waals surface area contributed by atoms with E-state index in [1.807, 2.05) is 26.8 Å². The number of rotatable bonds is 1. The van der Waals surface area contributed by atoms with Gasteiger partial charge in [0.05, 0.1) is 5.59 Å². The van der Waals surface area contributed by atoms with Gasteiger partial charge in [0.25, 0.3) is 0 Å². The predicted molar refractivity (Wildman–Crippen MR) is 52.8 cm³/mol. The van der Waals surface area contributed by atoms with E-state index < -0.39 is 7.12 Å². The first-order chi connectivity index (χ1) is 5.91. The maximum Gasteiger partial charge on any atom is 0.508 e. The van der Waals surface area contributed by atoms with Crippen molar-refractivity contribution in [3.63, 3.8) is 0 Å². The maximum absolute atomic E-state index is 8.91. The molecule has 0 spiro atoms. The van der Waals surface area contributed by atoms with Gasteiger partial charge in [-0.05, 0) is 12.1 Å². The van der Waals surface area contributed by atoms with Gasteiger partial charge in [-0.15, -0.1) is 0 Å². The van der Waals surface area contributed by atoms with Crippen molar-refractivity contribution in [2.45, 2.75) is 26.2 Å². The van der Waals surface area contributed by atoms with Crippen LogP contribution in [0.25, 0.3) is 0 Å². The Labute approximate surface area is 78.6 Å². The maximum atomic E-state index is 8.91. The highest BCUT2D eigenvalue weighted by Crippen LogP contribution is 2.18. The van der Waals surface area contributed by atoms with Crippen LogP contribution in [0.3, 0.4) is 0 Å². The number of nitrogens with zero attached hydrogens (tertiary/aromatic N) is 1. The summed E-state index contributed by atoms with van der Waals surface area (Å²) in [6, 6.07) is 5.26. The Morgan fingerprint density at radius 2 is 1.85 bits per heavy atom. The Kier molecular flexibility index (Phi) is 2.73. The lowest BCUT2D eigenvalue weighted by Gasteiger charge is -2.18. The summed E-state index contributed by atoms with van der Waals surface area (Å²) in [7, 11) is -1.48. The molecule has 1 heterocycles. The van der Waals surface area contributed by atoms with Crippen molar-refractivity contribution in [1.82, 2.24) is 4.98 Å². The third-order valence-corrected chi connectivity index (χ3v) is 1.80. The van der Waals surface area contributed by atoms with Crippen LogP contribution in [-0.4, -0.2) is 22.2 Å². The molecule has 0 saturated carbocycles. The van der Waals surface area contributed by atoms with E-state index in [-0.39, 0.29) is 5.41 Å². The molecule has 1 rings (SSSR count). The van der Waals surface area contributed by atoms with Crippen LogP contribution in [0.4, 0.5) is 0 Å². The van der Waals surface area contributed by atoms with Gasteiger partial charge in [0.1, 0.15) is 0 Å². The molecule has 1 aromatic heterocycles. The van der Waals surface area contributed by atoms with Crippen molar-refractivity contribution < 1.29 is 10.0 Å². The molecule has 0 aliphatic rings. The van der Waals surface area contributed by atoms with Crippen molar-refractivity contribution in [3.05, 3.63) is 23.9 Å². The third-order valence-electron chi connectivity index (χ3n) is 1.80. The van der Waals surface area contributed by atoms with Crippen LogP contribution in [0.1, 0.15) is 26.5 Å². The molecule has 13 heavy (non-hydrogen) atoms. The topological polar surface area (TPSA) is 53.4 Å². The van der Waals surface area contributed by atoms with E-state index in [4.69, 9.17) is 10.0 Å². The summed E-state index contributed by atoms with van der Waals surface area (Å²) < 4.78 is 0. The molecule has 0 fully saturated rings. The van der Waals surface area contributed by atoms with Crippen molar-refractivity contribution >= 4 is 12.7 Å². The van der Waals surface area contributed by atoms with E-state index in [1.54, 1.807) is 12.1 Å². The molecule has 0 aliphatic carbocycles. The molecular weight excluding hydrogens is 165 g/mol. The highest BCUT2D eigenvalue weighted by atomic mass is 16.4. The number of pyridine rings is 1. The molecule has 0 aliphatic heterocycles. The number of hydrogen-bond acceptors (Lipinski definition) is 3. The van der Waals surface area contributed by atoms with Crippen molar-refractivity contribution in [3.8, 4) is 0 Å². The number of hydrogen-bond donors (Lipinski definition) is 2. The summed E-state index contributed by atoms with van der Waals surface area (Å²) in [5.74, 6) is 0. The van der Waals surface area contributed by atoms with Gasteiger partial charge in [-0.1, -0.05) is 26.8 Å². The Morgan fingerprint density at radius 1 is 1.23 bits per heavy atom. The quantitative estimate of drug-likeness (QED) is 0.599. The van der Waals surface area contributed by atoms with Crippen LogP contribution in [0.2, 0.25) is 0 Å². The van der Waals surface area contributed by atoms with Crippen LogP contribution in [0.5, 0.6) is 0 Å². The predicted octanol–water partition coefficient (Wildman–Crippen LogP) is 0.0589. The van der Waals surface area contributed by atoms with Crippen LogP contribution in [-0.2, 0) is 5.41 Å². The minimum absolute atomic E-state index is 0.0646. The smallest absolute Gasteiger partial charge is 0.422 e. The summed E-state index contributed by atoms with van der Waals surface area (Å²) in [6.45, 7) is 6.09. The first kappa shape index (κ1) is 10.2. The molecule has 70 valence electrons. The normalized spacial score (nSPS) is 11.5. The van der Waals surface area contributed by atoms with Gasteiger partial charge < -0.3 is 10.0 Å². The molecule has 2 N–H and O–H groups in total. The van der Waals surface area contributed by atoms with E-state index in [0.717, 1.165) is 5.69 Å². The highest BCUT2D eigenvalue weighted by molar-refractivity contribution is 6.57. The molecule has 0 atom stereocenters. The Balaban J connectivity index is 3.06. The standard InChI is InChI=1S/C9H14BNO2/c1-9(2,3)7-5-4-6-8(11-7)10(12)13/h4-6,12-13H,1-3H3. The molecule has 1 aromatic rings. The van der Waals surface area contributed by atoms with Crippen LogP contribution in [0, 0.1) is 0 Å². The van der Waals surface area contributed by atoms with Crippen LogP contribution in [0.15, 0.2) is 18.2 Å². The van der Waals surface area contributed by atoms with E-state index in [9.17, 15) is 0 Å². The molecule has 0 unspecified atom stereocenters. The van der Waals surface area contributed by atoms with Crippen molar-refractivity contribution in [2.24, 2.45) is 0 Å². The minimum atomic E-state index is -1.48. The fraction of sp³-hybridized carbons (Fsp3) is 0.444. The average molecular weight is 179 g/mol. The van der Waals surface area contributed by atoms with Crippen molar-refractivity contribution in [2.75, 3.05) is 0 Å². The van der Waals surface area contributed by atoms with Gasteiger partial charge in [-0.25, -0.2) is 0 Å². The van der Waals surface area contributed by atoms with E-state index >= 15 is 0 Å². The first-order valence-corrected chi connectivity index (χ1v) is 4.25. The molecule has 0 radical (unpaired) electrons. The lowest BCUT2D eigenvalue weighted by molar-refractivity contribution is 0.423. The van der Waals surface area contributed by atoms with Gasteiger partial charge in [0.15, 0.2) is 0 Å². The zero-order chi connectivity index (χ0) is 10.1. The zero-order valence-electron chi connectivity index (χ0n) is 8.15. The van der Waals surface area contributed by atoms with E-state index in [1.165, 1.54) is 0 Å². The minimum Gasteiger partial charge on any atom is -0.422 e. The van der Waals surface area contributed by atoms with Gasteiger partial charge in [-0.3, -0.25) is 4.98 Å². The summed E-state index contributed by atoms with van der Waals surface area (Å²) in [5.41, 5.74) is 1.09. The molecule has 0 aromatic carbocycles. The second-order valence-corrected chi connectivity index (χ2v) is 4.07. The Hall–Kier alpha value is -0.865. The summed E-state index contributed by atoms with van der Waals surface area (Å²) in [4.78, 5) is 4.14. The molecule has 0 amide bonds. The summed E-state index contributed by atoms with van der Waals surface area (Å²) in [6.07, 6.45) is 0. The van der Waals surface area contributed by atoms with Crippen LogP contribution >= 0.6 is 0 Å². The lowest BCUT2D eigenvalue weighted by atomic mass is 9.83. The zero-order valence-corrected chi connectivity index (χ0v) is 8.15. The lowest BCUT2D eigenvalue weighted by Crippen LogP contribution is -2.34. The molecular formula is C9H14BNO2. The van der Waals surface area contributed by atoms with Gasteiger partial charge in [0.2, 0.25) is 0 Å². The summed E-state index contributed by atoms with van der Waals surface area (Å²) in [5, 5.41) is 17.8. The average Bonchev–Trinajstić information content (AvgIpc) is 2.03. The Bertz CT molecular complexity index is 294. The summed E-state index contributed by atoms with van der Waals surface area (Å²) >= 11 is 0. The molecule has 0 saturated heterocycles. The van der Waals surface area contributed by atoms with Crippen LogP contribution < -0.4 is 5.59 Å². The molecule has 3 nitrogen and oxygen atoms in total. The van der Waals surface area contributed by atoms with Gasteiger partial charge >= 0.3 is 7.12 Å². The monoisotopic (exact) mass is 179 g/mol. The second-order valence-electron chi connectivity index (χ2n) is 4.07. The van der Waals surface area contributed by atoms with E-state index in [0.29, 0.717) is 5.59 Å². The third kappa shape index (κ3) is 2.54. The fourth-order valence-corrected chi connectivity index (χ4v) is 1.01.